The standard InChI is InChI=1S/C16H23N5O/c1-13-15(17)21(14-5-3-2-4-6-14)19-16(13)22-12-11-20-9-7-18-8-10-20/h2-6,18H,7-12,17H2,1H3. The van der Waals surface area contributed by atoms with Crippen molar-refractivity contribution in [2.45, 2.75) is 6.92 Å². The Morgan fingerprint density at radius 3 is 2.68 bits per heavy atom. The smallest absolute Gasteiger partial charge is 0.238 e. The van der Waals surface area contributed by atoms with E-state index in [1.54, 1.807) is 4.68 Å². The Labute approximate surface area is 130 Å². The maximum Gasteiger partial charge on any atom is 0.238 e. The number of benzene rings is 1. The van der Waals surface area contributed by atoms with Crippen LogP contribution in [-0.2, 0) is 0 Å². The average molecular weight is 301 g/mol. The first-order valence-electron chi connectivity index (χ1n) is 7.72. The first-order valence-corrected chi connectivity index (χ1v) is 7.72. The number of nitrogens with two attached hydrogens (primary N) is 1. The molecule has 0 spiro atoms. The van der Waals surface area contributed by atoms with Crippen LogP contribution in [0, 0.1) is 6.92 Å². The van der Waals surface area contributed by atoms with Crippen LogP contribution in [0.3, 0.4) is 0 Å². The highest BCUT2D eigenvalue weighted by atomic mass is 16.5. The van der Waals surface area contributed by atoms with Crippen molar-refractivity contribution in [3.8, 4) is 11.6 Å². The number of piperazine rings is 1. The van der Waals surface area contributed by atoms with Gasteiger partial charge in [-0.2, -0.15) is 0 Å². The molecule has 2 heterocycles. The molecule has 1 aromatic heterocycles. The lowest BCUT2D eigenvalue weighted by Gasteiger charge is -2.26. The molecule has 0 saturated carbocycles. The van der Waals surface area contributed by atoms with Gasteiger partial charge in [0.1, 0.15) is 12.4 Å². The van der Waals surface area contributed by atoms with E-state index in [1.165, 1.54) is 0 Å². The summed E-state index contributed by atoms with van der Waals surface area (Å²) in [4.78, 5) is 2.39. The molecule has 0 amide bonds. The zero-order valence-corrected chi connectivity index (χ0v) is 13.0. The first kappa shape index (κ1) is 14.9. The molecular formula is C16H23N5O. The number of ether oxygens (including phenoxy) is 1. The van der Waals surface area contributed by atoms with Crippen LogP contribution >= 0.6 is 0 Å². The van der Waals surface area contributed by atoms with Crippen LogP contribution in [0.1, 0.15) is 5.56 Å². The van der Waals surface area contributed by atoms with Gasteiger partial charge in [0.05, 0.1) is 11.3 Å². The number of rotatable bonds is 5. The minimum atomic E-state index is 0.622. The number of nitrogens with one attached hydrogen (secondary N) is 1. The minimum Gasteiger partial charge on any atom is -0.475 e. The Balaban J connectivity index is 1.64. The normalized spacial score (nSPS) is 15.9. The van der Waals surface area contributed by atoms with Crippen molar-refractivity contribution in [3.63, 3.8) is 0 Å². The Bertz CT molecular complexity index is 604. The Morgan fingerprint density at radius 2 is 1.95 bits per heavy atom. The Morgan fingerprint density at radius 1 is 1.23 bits per heavy atom. The molecule has 6 heteroatoms. The van der Waals surface area contributed by atoms with Gasteiger partial charge in [-0.25, -0.2) is 4.68 Å². The summed E-state index contributed by atoms with van der Waals surface area (Å²) in [7, 11) is 0. The molecule has 0 bridgehead atoms. The number of anilines is 1. The summed E-state index contributed by atoms with van der Waals surface area (Å²) >= 11 is 0. The fourth-order valence-corrected chi connectivity index (χ4v) is 2.60. The molecule has 1 aromatic carbocycles. The molecule has 0 unspecified atom stereocenters. The maximum absolute atomic E-state index is 6.15. The van der Waals surface area contributed by atoms with Crippen LogP contribution in [0.2, 0.25) is 0 Å². The second-order valence-corrected chi connectivity index (χ2v) is 5.50. The van der Waals surface area contributed by atoms with Crippen molar-refractivity contribution < 1.29 is 4.74 Å². The first-order chi connectivity index (χ1) is 10.8. The average Bonchev–Trinajstić information content (AvgIpc) is 2.85. The van der Waals surface area contributed by atoms with Gasteiger partial charge >= 0.3 is 0 Å². The van der Waals surface area contributed by atoms with E-state index >= 15 is 0 Å². The van der Waals surface area contributed by atoms with Gasteiger partial charge in [0.2, 0.25) is 5.88 Å². The number of hydrogen-bond donors (Lipinski definition) is 2. The molecule has 2 aromatic rings. The van der Waals surface area contributed by atoms with Crippen molar-refractivity contribution in [1.29, 1.82) is 0 Å². The van der Waals surface area contributed by atoms with Gasteiger partial charge in [-0.05, 0) is 19.1 Å². The number of hydrogen-bond acceptors (Lipinski definition) is 5. The topological polar surface area (TPSA) is 68.3 Å². The van der Waals surface area contributed by atoms with Gasteiger partial charge in [-0.1, -0.05) is 18.2 Å². The number of aromatic nitrogens is 2. The molecular weight excluding hydrogens is 278 g/mol. The van der Waals surface area contributed by atoms with Crippen molar-refractivity contribution in [3.05, 3.63) is 35.9 Å². The minimum absolute atomic E-state index is 0.622. The summed E-state index contributed by atoms with van der Waals surface area (Å²) in [6.07, 6.45) is 0. The second kappa shape index (κ2) is 6.81. The van der Waals surface area contributed by atoms with Crippen LogP contribution < -0.4 is 15.8 Å². The number of nitrogens with zero attached hydrogens (tertiary/aromatic N) is 3. The largest absolute Gasteiger partial charge is 0.475 e. The van der Waals surface area contributed by atoms with E-state index in [0.717, 1.165) is 44.0 Å². The summed E-state index contributed by atoms with van der Waals surface area (Å²) in [6, 6.07) is 9.87. The highest BCUT2D eigenvalue weighted by Crippen LogP contribution is 2.25. The van der Waals surface area contributed by atoms with Gasteiger partial charge in [-0.15, -0.1) is 5.10 Å². The molecule has 118 valence electrons. The summed E-state index contributed by atoms with van der Waals surface area (Å²) in [5, 5.41) is 7.85. The van der Waals surface area contributed by atoms with Crippen LogP contribution in [-0.4, -0.2) is 54.0 Å². The predicted molar refractivity (Wildman–Crippen MR) is 87.5 cm³/mol. The zero-order valence-electron chi connectivity index (χ0n) is 13.0. The molecule has 1 aliphatic rings. The van der Waals surface area contributed by atoms with E-state index in [2.05, 4.69) is 15.3 Å². The zero-order chi connectivity index (χ0) is 15.4. The molecule has 1 aliphatic heterocycles. The maximum atomic E-state index is 6.15. The molecule has 6 nitrogen and oxygen atoms in total. The quantitative estimate of drug-likeness (QED) is 0.864. The van der Waals surface area contributed by atoms with E-state index in [-0.39, 0.29) is 0 Å². The van der Waals surface area contributed by atoms with E-state index in [4.69, 9.17) is 10.5 Å². The van der Waals surface area contributed by atoms with Crippen LogP contribution in [0.15, 0.2) is 30.3 Å². The van der Waals surface area contributed by atoms with Crippen LogP contribution in [0.4, 0.5) is 5.82 Å². The van der Waals surface area contributed by atoms with E-state index in [9.17, 15) is 0 Å². The molecule has 0 radical (unpaired) electrons. The summed E-state index contributed by atoms with van der Waals surface area (Å²) in [5.41, 5.74) is 7.99. The Kier molecular flexibility index (Phi) is 4.60. The van der Waals surface area contributed by atoms with Gasteiger partial charge in [0, 0.05) is 32.7 Å². The van der Waals surface area contributed by atoms with Crippen molar-refractivity contribution in [2.75, 3.05) is 45.1 Å². The van der Waals surface area contributed by atoms with Crippen molar-refractivity contribution in [1.82, 2.24) is 20.0 Å². The van der Waals surface area contributed by atoms with Crippen LogP contribution in [0.5, 0.6) is 5.88 Å². The summed E-state index contributed by atoms with van der Waals surface area (Å²) in [6.45, 7) is 7.74. The predicted octanol–water partition coefficient (Wildman–Crippen LogP) is 1.05. The number of para-hydroxylation sites is 1. The highest BCUT2D eigenvalue weighted by molar-refractivity contribution is 5.51. The SMILES string of the molecule is Cc1c(OCCN2CCNCC2)nn(-c2ccccc2)c1N. The Hall–Kier alpha value is -2.05. The fourth-order valence-electron chi connectivity index (χ4n) is 2.60. The fraction of sp³-hybridized carbons (Fsp3) is 0.438. The molecule has 0 atom stereocenters. The number of nitrogen functional groups attached to an aromatic ring is 1. The van der Waals surface area contributed by atoms with Gasteiger partial charge in [0.25, 0.3) is 0 Å². The van der Waals surface area contributed by atoms with Gasteiger partial charge in [-0.3, -0.25) is 4.90 Å². The molecule has 22 heavy (non-hydrogen) atoms. The van der Waals surface area contributed by atoms with Crippen molar-refractivity contribution >= 4 is 5.82 Å². The molecule has 3 rings (SSSR count). The third-order valence-corrected chi connectivity index (χ3v) is 3.98. The monoisotopic (exact) mass is 301 g/mol. The lowest BCUT2D eigenvalue weighted by molar-refractivity contribution is 0.187. The van der Waals surface area contributed by atoms with Gasteiger partial charge < -0.3 is 15.8 Å². The third-order valence-electron chi connectivity index (χ3n) is 3.98. The van der Waals surface area contributed by atoms with Gasteiger partial charge in [0.15, 0.2) is 0 Å². The van der Waals surface area contributed by atoms with E-state index in [1.807, 2.05) is 37.3 Å². The highest BCUT2D eigenvalue weighted by Gasteiger charge is 2.15. The molecule has 1 fully saturated rings. The van der Waals surface area contributed by atoms with E-state index in [0.29, 0.717) is 18.3 Å². The molecule has 0 aliphatic carbocycles. The second-order valence-electron chi connectivity index (χ2n) is 5.50. The van der Waals surface area contributed by atoms with Crippen molar-refractivity contribution in [2.24, 2.45) is 0 Å². The van der Waals surface area contributed by atoms with E-state index < -0.39 is 0 Å². The molecule has 1 saturated heterocycles. The lowest BCUT2D eigenvalue weighted by Crippen LogP contribution is -2.44. The molecule has 3 N–H and O–H groups in total. The third kappa shape index (κ3) is 3.23. The lowest BCUT2D eigenvalue weighted by atomic mass is 10.3. The van der Waals surface area contributed by atoms with Crippen LogP contribution in [0.25, 0.3) is 5.69 Å². The summed E-state index contributed by atoms with van der Waals surface area (Å²) in [5.74, 6) is 1.25. The summed E-state index contributed by atoms with van der Waals surface area (Å²) < 4.78 is 7.58.